The minimum Gasteiger partial charge on any atom is -0.0795 e. The highest BCUT2D eigenvalue weighted by Crippen LogP contribution is 2.27. The molecule has 0 atom stereocenters. The van der Waals surface area contributed by atoms with Gasteiger partial charge in [0, 0.05) is 0 Å². The largest absolute Gasteiger partial charge is 0.0795 e. The van der Waals surface area contributed by atoms with Crippen molar-refractivity contribution in [3.63, 3.8) is 0 Å². The van der Waals surface area contributed by atoms with Gasteiger partial charge in [0.05, 0.1) is 0 Å². The molecule has 0 nitrogen and oxygen atoms in total. The average molecular weight is 154 g/mol. The molecule has 0 N–H and O–H groups in total. The zero-order valence-electron chi connectivity index (χ0n) is 6.88. The van der Waals surface area contributed by atoms with Crippen molar-refractivity contribution in [2.24, 2.45) is 0 Å². The second-order valence-electron chi connectivity index (χ2n) is 3.46. The predicted octanol–water partition coefficient (Wildman–Crippen LogP) is 2.83. The summed E-state index contributed by atoms with van der Waals surface area (Å²) in [5, 5.41) is 0. The molecule has 0 radical (unpaired) electrons. The average Bonchev–Trinajstić information content (AvgIpc) is 2.64. The maximum Gasteiger partial charge on any atom is -0.00880 e. The molecule has 0 unspecified atom stereocenters. The first-order valence-corrected chi connectivity index (χ1v) is 4.42. The Kier molecular flexibility index (Phi) is 1.09. The van der Waals surface area contributed by atoms with E-state index in [4.69, 9.17) is 0 Å². The molecule has 2 aliphatic carbocycles. The van der Waals surface area contributed by atoms with Crippen LogP contribution in [0.2, 0.25) is 0 Å². The van der Waals surface area contributed by atoms with Crippen LogP contribution in [0.25, 0.3) is 12.2 Å². The minimum atomic E-state index is 1.12. The molecule has 0 heterocycles. The van der Waals surface area contributed by atoms with E-state index in [1.807, 2.05) is 0 Å². The monoisotopic (exact) mass is 154 g/mol. The molecule has 0 spiro atoms. The summed E-state index contributed by atoms with van der Waals surface area (Å²) < 4.78 is 0. The molecule has 12 heavy (non-hydrogen) atoms. The lowest BCUT2D eigenvalue weighted by Gasteiger charge is -2.03. The topological polar surface area (TPSA) is 0 Å². The molecule has 0 amide bonds. The van der Waals surface area contributed by atoms with E-state index in [0.29, 0.717) is 0 Å². The number of rotatable bonds is 0. The summed E-state index contributed by atoms with van der Waals surface area (Å²) >= 11 is 0. The molecule has 0 saturated carbocycles. The van der Waals surface area contributed by atoms with Gasteiger partial charge in [-0.2, -0.15) is 0 Å². The molecule has 0 heteroatoms. The molecule has 2 aliphatic rings. The first-order chi connectivity index (χ1) is 5.93. The Morgan fingerprint density at radius 2 is 1.25 bits per heavy atom. The van der Waals surface area contributed by atoms with Gasteiger partial charge in [0.2, 0.25) is 0 Å². The Labute approximate surface area is 72.2 Å². The molecule has 0 bridgehead atoms. The maximum absolute atomic E-state index is 2.33. The van der Waals surface area contributed by atoms with Crippen LogP contribution in [0.3, 0.4) is 0 Å². The molecule has 58 valence electrons. The van der Waals surface area contributed by atoms with E-state index >= 15 is 0 Å². The molecule has 0 aliphatic heterocycles. The van der Waals surface area contributed by atoms with Gasteiger partial charge in [-0.05, 0) is 35.1 Å². The van der Waals surface area contributed by atoms with Crippen LogP contribution >= 0.6 is 0 Å². The molecule has 0 fully saturated rings. The summed E-state index contributed by atoms with van der Waals surface area (Å²) in [6.45, 7) is 0. The van der Waals surface area contributed by atoms with E-state index in [1.54, 1.807) is 0 Å². The fourth-order valence-electron chi connectivity index (χ4n) is 2.02. The van der Waals surface area contributed by atoms with Crippen LogP contribution < -0.4 is 0 Å². The van der Waals surface area contributed by atoms with Gasteiger partial charge in [0.25, 0.3) is 0 Å². The number of hydrogen-bond acceptors (Lipinski definition) is 0. The summed E-state index contributed by atoms with van der Waals surface area (Å²) in [5.74, 6) is 0. The molecule has 0 saturated heterocycles. The van der Waals surface area contributed by atoms with Crippen LogP contribution in [0.4, 0.5) is 0 Å². The summed E-state index contributed by atoms with van der Waals surface area (Å²) in [6.07, 6.45) is 11.2. The van der Waals surface area contributed by atoms with Crippen molar-refractivity contribution in [1.82, 2.24) is 0 Å². The third-order valence-corrected chi connectivity index (χ3v) is 2.67. The van der Waals surface area contributed by atoms with Crippen LogP contribution in [0, 0.1) is 0 Å². The van der Waals surface area contributed by atoms with Crippen LogP contribution in [0.1, 0.15) is 22.3 Å². The summed E-state index contributed by atoms with van der Waals surface area (Å²) in [4.78, 5) is 0. The molecular weight excluding hydrogens is 144 g/mol. The first-order valence-electron chi connectivity index (χ1n) is 4.42. The van der Waals surface area contributed by atoms with Gasteiger partial charge in [-0.3, -0.25) is 0 Å². The van der Waals surface area contributed by atoms with E-state index < -0.39 is 0 Å². The smallest absolute Gasteiger partial charge is 0.00880 e. The lowest BCUT2D eigenvalue weighted by Crippen LogP contribution is -1.87. The maximum atomic E-state index is 2.33. The van der Waals surface area contributed by atoms with Crippen molar-refractivity contribution in [2.75, 3.05) is 0 Å². The zero-order chi connectivity index (χ0) is 7.97. The van der Waals surface area contributed by atoms with Gasteiger partial charge >= 0.3 is 0 Å². The minimum absolute atomic E-state index is 1.12. The summed E-state index contributed by atoms with van der Waals surface area (Å²) in [6, 6.07) is 4.66. The second-order valence-corrected chi connectivity index (χ2v) is 3.46. The molecular formula is C12H10. The SMILES string of the molecule is C1=Cc2cc3c(cc2C1)C=CC3. The van der Waals surface area contributed by atoms with Gasteiger partial charge in [-0.25, -0.2) is 0 Å². The Balaban J connectivity index is 2.26. The Morgan fingerprint density at radius 3 is 1.75 bits per heavy atom. The Bertz CT molecular complexity index is 355. The van der Waals surface area contributed by atoms with Crippen molar-refractivity contribution < 1.29 is 0 Å². The van der Waals surface area contributed by atoms with E-state index in [1.165, 1.54) is 22.3 Å². The van der Waals surface area contributed by atoms with Crippen molar-refractivity contribution >= 4 is 12.2 Å². The number of fused-ring (bicyclic) bond motifs is 2. The lowest BCUT2D eigenvalue weighted by atomic mass is 10.0. The van der Waals surface area contributed by atoms with Gasteiger partial charge in [0.15, 0.2) is 0 Å². The van der Waals surface area contributed by atoms with Crippen molar-refractivity contribution in [2.45, 2.75) is 12.8 Å². The molecule has 1 aromatic carbocycles. The van der Waals surface area contributed by atoms with E-state index in [2.05, 4.69) is 36.4 Å². The van der Waals surface area contributed by atoms with Gasteiger partial charge in [0.1, 0.15) is 0 Å². The van der Waals surface area contributed by atoms with Crippen molar-refractivity contribution in [3.8, 4) is 0 Å². The summed E-state index contributed by atoms with van der Waals surface area (Å²) in [7, 11) is 0. The zero-order valence-corrected chi connectivity index (χ0v) is 6.88. The van der Waals surface area contributed by atoms with Gasteiger partial charge < -0.3 is 0 Å². The highest BCUT2D eigenvalue weighted by molar-refractivity contribution is 5.69. The normalized spacial score (nSPS) is 16.7. The highest BCUT2D eigenvalue weighted by atomic mass is 14.2. The number of allylic oxidation sites excluding steroid dienone is 2. The third-order valence-electron chi connectivity index (χ3n) is 2.67. The fourth-order valence-corrected chi connectivity index (χ4v) is 2.02. The quantitative estimate of drug-likeness (QED) is 0.539. The predicted molar refractivity (Wildman–Crippen MR) is 51.9 cm³/mol. The number of benzene rings is 1. The second kappa shape index (κ2) is 2.10. The van der Waals surface area contributed by atoms with Crippen LogP contribution in [0.5, 0.6) is 0 Å². The first kappa shape index (κ1) is 6.24. The number of hydrogen-bond donors (Lipinski definition) is 0. The fraction of sp³-hybridized carbons (Fsp3) is 0.167. The Hall–Kier alpha value is -1.30. The Morgan fingerprint density at radius 1 is 0.750 bits per heavy atom. The molecule has 1 aromatic rings. The van der Waals surface area contributed by atoms with Crippen LogP contribution in [0.15, 0.2) is 24.3 Å². The van der Waals surface area contributed by atoms with Crippen molar-refractivity contribution in [1.29, 1.82) is 0 Å². The van der Waals surface area contributed by atoms with E-state index in [9.17, 15) is 0 Å². The lowest BCUT2D eigenvalue weighted by molar-refractivity contribution is 1.25. The van der Waals surface area contributed by atoms with Crippen molar-refractivity contribution in [3.05, 3.63) is 46.5 Å². The standard InChI is InChI=1S/C12H10/c1-3-9-7-11-5-2-6-12(11)8-10(9)4-1/h1-3,6-8H,4-5H2. The molecule has 0 aromatic heterocycles. The van der Waals surface area contributed by atoms with E-state index in [0.717, 1.165) is 12.8 Å². The van der Waals surface area contributed by atoms with Gasteiger partial charge in [-0.15, -0.1) is 0 Å². The van der Waals surface area contributed by atoms with Crippen LogP contribution in [-0.4, -0.2) is 0 Å². The summed E-state index contributed by atoms with van der Waals surface area (Å²) in [5.41, 5.74) is 5.83. The van der Waals surface area contributed by atoms with Crippen LogP contribution in [-0.2, 0) is 12.8 Å². The van der Waals surface area contributed by atoms with Gasteiger partial charge in [-0.1, -0.05) is 36.4 Å². The van der Waals surface area contributed by atoms with E-state index in [-0.39, 0.29) is 0 Å². The molecule has 3 rings (SSSR count). The third kappa shape index (κ3) is 0.724. The highest BCUT2D eigenvalue weighted by Gasteiger charge is 2.11.